The average molecular weight is 259 g/mol. The number of nitrogens with zero attached hydrogens (tertiary/aromatic N) is 1. The van der Waals surface area contributed by atoms with E-state index in [4.69, 9.17) is 5.26 Å². The van der Waals surface area contributed by atoms with Gasteiger partial charge in [0, 0.05) is 9.13 Å². The van der Waals surface area contributed by atoms with Crippen LogP contribution in [-0.4, -0.2) is 5.11 Å². The third-order valence-electron chi connectivity index (χ3n) is 1.32. The smallest absolute Gasteiger partial charge is 0.120 e. The molecular weight excluding hydrogens is 253 g/mol. The van der Waals surface area contributed by atoms with Crippen molar-refractivity contribution in [1.29, 1.82) is 5.26 Å². The normalized spacial score (nSPS) is 9.09. The SMILES string of the molecule is N#CCc1ccc(I)cc1O. The number of halogens is 1. The molecule has 0 spiro atoms. The lowest BCUT2D eigenvalue weighted by Gasteiger charge is -1.98. The van der Waals surface area contributed by atoms with Gasteiger partial charge in [-0.25, -0.2) is 0 Å². The van der Waals surface area contributed by atoms with Gasteiger partial charge < -0.3 is 5.11 Å². The van der Waals surface area contributed by atoms with Crippen LogP contribution in [0.4, 0.5) is 0 Å². The maximum atomic E-state index is 9.27. The molecule has 0 radical (unpaired) electrons. The predicted octanol–water partition coefficient (Wildman–Crippen LogP) is 2.06. The van der Waals surface area contributed by atoms with Crippen LogP contribution in [0.3, 0.4) is 0 Å². The van der Waals surface area contributed by atoms with Crippen LogP contribution >= 0.6 is 22.6 Å². The Hall–Kier alpha value is -0.760. The highest BCUT2D eigenvalue weighted by molar-refractivity contribution is 14.1. The first-order chi connectivity index (χ1) is 5.24. The molecule has 3 heteroatoms. The van der Waals surface area contributed by atoms with Gasteiger partial charge in [-0.2, -0.15) is 5.26 Å². The quantitative estimate of drug-likeness (QED) is 0.784. The number of phenols is 1. The number of phenolic OH excluding ortho intramolecular Hbond substituents is 1. The molecule has 0 amide bonds. The first-order valence-electron chi connectivity index (χ1n) is 3.08. The van der Waals surface area contributed by atoms with E-state index in [2.05, 4.69) is 22.6 Å². The number of benzene rings is 1. The lowest BCUT2D eigenvalue weighted by molar-refractivity contribution is 0.469. The van der Waals surface area contributed by atoms with Crippen molar-refractivity contribution in [3.8, 4) is 11.8 Å². The van der Waals surface area contributed by atoms with Crippen LogP contribution in [0, 0.1) is 14.9 Å². The molecule has 0 saturated carbocycles. The van der Waals surface area contributed by atoms with Crippen molar-refractivity contribution >= 4 is 22.6 Å². The summed E-state index contributed by atoms with van der Waals surface area (Å²) in [5.74, 6) is 0.207. The van der Waals surface area contributed by atoms with Gasteiger partial charge in [-0.1, -0.05) is 6.07 Å². The molecule has 0 heterocycles. The fraction of sp³-hybridized carbons (Fsp3) is 0.125. The van der Waals surface area contributed by atoms with Crippen molar-refractivity contribution in [2.45, 2.75) is 6.42 Å². The first kappa shape index (κ1) is 8.34. The number of hydrogen-bond donors (Lipinski definition) is 1. The summed E-state index contributed by atoms with van der Waals surface area (Å²) in [7, 11) is 0. The number of nitriles is 1. The molecule has 56 valence electrons. The minimum absolute atomic E-state index is 0.207. The van der Waals surface area contributed by atoms with Crippen molar-refractivity contribution in [1.82, 2.24) is 0 Å². The van der Waals surface area contributed by atoms with E-state index in [-0.39, 0.29) is 12.2 Å². The van der Waals surface area contributed by atoms with Gasteiger partial charge in [0.05, 0.1) is 12.5 Å². The molecule has 1 aromatic rings. The summed E-state index contributed by atoms with van der Waals surface area (Å²) in [6.45, 7) is 0. The summed E-state index contributed by atoms with van der Waals surface area (Å²) in [6, 6.07) is 7.26. The minimum Gasteiger partial charge on any atom is -0.508 e. The third-order valence-corrected chi connectivity index (χ3v) is 1.99. The zero-order valence-electron chi connectivity index (χ0n) is 5.71. The van der Waals surface area contributed by atoms with E-state index < -0.39 is 0 Å². The molecule has 2 nitrogen and oxygen atoms in total. The Morgan fingerprint density at radius 1 is 1.55 bits per heavy atom. The van der Waals surface area contributed by atoms with Gasteiger partial charge in [0.15, 0.2) is 0 Å². The second kappa shape index (κ2) is 3.58. The summed E-state index contributed by atoms with van der Waals surface area (Å²) in [5, 5.41) is 17.6. The highest BCUT2D eigenvalue weighted by Gasteiger charge is 1.99. The van der Waals surface area contributed by atoms with Crippen LogP contribution in [0.1, 0.15) is 5.56 Å². The van der Waals surface area contributed by atoms with Crippen LogP contribution in [-0.2, 0) is 6.42 Å². The van der Waals surface area contributed by atoms with E-state index in [1.807, 2.05) is 12.1 Å². The van der Waals surface area contributed by atoms with Crippen LogP contribution in [0.2, 0.25) is 0 Å². The molecule has 0 unspecified atom stereocenters. The molecule has 0 atom stereocenters. The van der Waals surface area contributed by atoms with E-state index in [1.165, 1.54) is 0 Å². The summed E-state index contributed by atoms with van der Waals surface area (Å²) < 4.78 is 0.974. The molecule has 11 heavy (non-hydrogen) atoms. The maximum Gasteiger partial charge on any atom is 0.120 e. The average Bonchev–Trinajstić information content (AvgIpc) is 1.95. The van der Waals surface area contributed by atoms with E-state index in [0.717, 1.165) is 3.57 Å². The molecule has 1 aromatic carbocycles. The van der Waals surface area contributed by atoms with E-state index in [1.54, 1.807) is 12.1 Å². The second-order valence-corrected chi connectivity index (χ2v) is 3.35. The summed E-state index contributed by atoms with van der Waals surface area (Å²) >= 11 is 2.11. The minimum atomic E-state index is 0.207. The van der Waals surface area contributed by atoms with Gasteiger partial charge in [0.25, 0.3) is 0 Å². The monoisotopic (exact) mass is 259 g/mol. The Balaban J connectivity index is 3.01. The van der Waals surface area contributed by atoms with Gasteiger partial charge >= 0.3 is 0 Å². The van der Waals surface area contributed by atoms with Gasteiger partial charge in [-0.15, -0.1) is 0 Å². The van der Waals surface area contributed by atoms with Gasteiger partial charge in [-0.05, 0) is 34.7 Å². The fourth-order valence-electron chi connectivity index (χ4n) is 0.772. The zero-order chi connectivity index (χ0) is 8.27. The molecule has 0 aromatic heterocycles. The van der Waals surface area contributed by atoms with Crippen LogP contribution < -0.4 is 0 Å². The molecule has 0 fully saturated rings. The number of rotatable bonds is 1. The molecular formula is C8H6INO. The summed E-state index contributed by atoms with van der Waals surface area (Å²) in [6.07, 6.45) is 0.267. The standard InChI is InChI=1S/C8H6INO/c9-7-2-1-6(3-4-10)8(11)5-7/h1-2,5,11H,3H2. The van der Waals surface area contributed by atoms with E-state index in [9.17, 15) is 5.11 Å². The maximum absolute atomic E-state index is 9.27. The van der Waals surface area contributed by atoms with Gasteiger partial charge in [0.1, 0.15) is 5.75 Å². The van der Waals surface area contributed by atoms with Gasteiger partial charge in [-0.3, -0.25) is 0 Å². The molecule has 1 N–H and O–H groups in total. The second-order valence-electron chi connectivity index (χ2n) is 2.11. The Morgan fingerprint density at radius 3 is 2.82 bits per heavy atom. The number of aromatic hydroxyl groups is 1. The van der Waals surface area contributed by atoms with Crippen molar-refractivity contribution in [3.63, 3.8) is 0 Å². The first-order valence-corrected chi connectivity index (χ1v) is 4.16. The highest BCUT2D eigenvalue weighted by Crippen LogP contribution is 2.19. The van der Waals surface area contributed by atoms with Crippen LogP contribution in [0.25, 0.3) is 0 Å². The summed E-state index contributed by atoms with van der Waals surface area (Å²) in [5.41, 5.74) is 0.688. The van der Waals surface area contributed by atoms with Crippen LogP contribution in [0.15, 0.2) is 18.2 Å². The predicted molar refractivity (Wildman–Crippen MR) is 50.1 cm³/mol. The Morgan fingerprint density at radius 2 is 2.27 bits per heavy atom. The molecule has 0 bridgehead atoms. The van der Waals surface area contributed by atoms with Crippen LogP contribution in [0.5, 0.6) is 5.75 Å². The third kappa shape index (κ3) is 2.09. The van der Waals surface area contributed by atoms with Gasteiger partial charge in [0.2, 0.25) is 0 Å². The Labute approximate surface area is 78.6 Å². The summed E-state index contributed by atoms with van der Waals surface area (Å²) in [4.78, 5) is 0. The molecule has 0 saturated heterocycles. The molecule has 0 aliphatic carbocycles. The van der Waals surface area contributed by atoms with Crippen molar-refractivity contribution in [3.05, 3.63) is 27.3 Å². The number of hydrogen-bond acceptors (Lipinski definition) is 2. The van der Waals surface area contributed by atoms with E-state index in [0.29, 0.717) is 5.56 Å². The topological polar surface area (TPSA) is 44.0 Å². The lowest BCUT2D eigenvalue weighted by atomic mass is 10.1. The Bertz CT molecular complexity index is 303. The molecule has 1 rings (SSSR count). The largest absolute Gasteiger partial charge is 0.508 e. The Kier molecular flexibility index (Phi) is 2.71. The molecule has 0 aliphatic rings. The highest BCUT2D eigenvalue weighted by atomic mass is 127. The van der Waals surface area contributed by atoms with Crippen molar-refractivity contribution in [2.75, 3.05) is 0 Å². The van der Waals surface area contributed by atoms with Crippen molar-refractivity contribution in [2.24, 2.45) is 0 Å². The zero-order valence-corrected chi connectivity index (χ0v) is 7.87. The molecule has 0 aliphatic heterocycles. The fourth-order valence-corrected chi connectivity index (χ4v) is 1.25. The lowest BCUT2D eigenvalue weighted by Crippen LogP contribution is -1.82. The van der Waals surface area contributed by atoms with E-state index >= 15 is 0 Å². The van der Waals surface area contributed by atoms with Crippen molar-refractivity contribution < 1.29 is 5.11 Å².